The molecular weight excluding hydrogens is 382 g/mol. The molecule has 0 saturated heterocycles. The van der Waals surface area contributed by atoms with E-state index in [0.717, 1.165) is 47.9 Å². The molecule has 0 unspecified atom stereocenters. The molecule has 1 aromatic rings. The molecule has 5 nitrogen and oxygen atoms in total. The first-order chi connectivity index (χ1) is 12.1. The van der Waals surface area contributed by atoms with Crippen LogP contribution in [0.1, 0.15) is 38.2 Å². The van der Waals surface area contributed by atoms with E-state index in [2.05, 4.69) is 39.6 Å². The first kappa shape index (κ1) is 20.0. The summed E-state index contributed by atoms with van der Waals surface area (Å²) in [6.07, 6.45) is 4.95. The molecule has 0 bridgehead atoms. The molecular formula is C19H30BrN3O2. The van der Waals surface area contributed by atoms with Gasteiger partial charge in [0, 0.05) is 36.8 Å². The number of rotatable bonds is 9. The lowest BCUT2D eigenvalue weighted by Crippen LogP contribution is -2.46. The largest absolute Gasteiger partial charge is 0.496 e. The fourth-order valence-electron chi connectivity index (χ4n) is 3.16. The Kier molecular flexibility index (Phi) is 8.03. The quantitative estimate of drug-likeness (QED) is 0.480. The molecule has 0 spiro atoms. The second kappa shape index (κ2) is 10.0. The third kappa shape index (κ3) is 5.89. The number of halogens is 1. The maximum Gasteiger partial charge on any atom is 0.191 e. The SMILES string of the molecule is CCNC(=NCc1cc(Br)ccc1OC)NCC1(CCOC)CCC1. The molecule has 0 radical (unpaired) electrons. The molecule has 1 saturated carbocycles. The average Bonchev–Trinajstić information content (AvgIpc) is 2.58. The highest BCUT2D eigenvalue weighted by Gasteiger charge is 2.36. The van der Waals surface area contributed by atoms with E-state index in [1.54, 1.807) is 14.2 Å². The van der Waals surface area contributed by atoms with Crippen molar-refractivity contribution in [1.29, 1.82) is 0 Å². The zero-order valence-electron chi connectivity index (χ0n) is 15.5. The number of guanidine groups is 1. The summed E-state index contributed by atoms with van der Waals surface area (Å²) in [6, 6.07) is 5.99. The molecule has 0 amide bonds. The van der Waals surface area contributed by atoms with Crippen LogP contribution >= 0.6 is 15.9 Å². The van der Waals surface area contributed by atoms with Crippen LogP contribution in [0.25, 0.3) is 0 Å². The van der Waals surface area contributed by atoms with E-state index in [0.29, 0.717) is 12.0 Å². The van der Waals surface area contributed by atoms with Crippen LogP contribution in [-0.2, 0) is 11.3 Å². The van der Waals surface area contributed by atoms with Gasteiger partial charge in [-0.15, -0.1) is 0 Å². The van der Waals surface area contributed by atoms with Gasteiger partial charge in [-0.25, -0.2) is 4.99 Å². The van der Waals surface area contributed by atoms with E-state index >= 15 is 0 Å². The summed E-state index contributed by atoms with van der Waals surface area (Å²) in [6.45, 7) is 5.26. The van der Waals surface area contributed by atoms with Crippen molar-refractivity contribution in [3.63, 3.8) is 0 Å². The normalized spacial score (nSPS) is 16.2. The van der Waals surface area contributed by atoms with Gasteiger partial charge in [-0.3, -0.25) is 0 Å². The van der Waals surface area contributed by atoms with Gasteiger partial charge in [0.2, 0.25) is 0 Å². The Labute approximate surface area is 159 Å². The van der Waals surface area contributed by atoms with Gasteiger partial charge in [0.1, 0.15) is 5.75 Å². The lowest BCUT2D eigenvalue weighted by atomic mass is 9.67. The first-order valence-corrected chi connectivity index (χ1v) is 9.75. The highest BCUT2D eigenvalue weighted by atomic mass is 79.9. The topological polar surface area (TPSA) is 54.9 Å². The Morgan fingerprint density at radius 3 is 2.68 bits per heavy atom. The van der Waals surface area contributed by atoms with Gasteiger partial charge in [0.05, 0.1) is 13.7 Å². The molecule has 2 rings (SSSR count). The molecule has 2 N–H and O–H groups in total. The van der Waals surface area contributed by atoms with Gasteiger partial charge < -0.3 is 20.1 Å². The van der Waals surface area contributed by atoms with Gasteiger partial charge in [-0.1, -0.05) is 22.4 Å². The zero-order valence-corrected chi connectivity index (χ0v) is 17.1. The molecule has 1 aliphatic rings. The van der Waals surface area contributed by atoms with Crippen molar-refractivity contribution < 1.29 is 9.47 Å². The number of nitrogens with zero attached hydrogens (tertiary/aromatic N) is 1. The minimum absolute atomic E-state index is 0.361. The number of ether oxygens (including phenoxy) is 2. The average molecular weight is 412 g/mol. The van der Waals surface area contributed by atoms with Crippen LogP contribution in [0.15, 0.2) is 27.7 Å². The monoisotopic (exact) mass is 411 g/mol. The van der Waals surface area contributed by atoms with Gasteiger partial charge in [-0.2, -0.15) is 0 Å². The van der Waals surface area contributed by atoms with Gasteiger partial charge in [0.25, 0.3) is 0 Å². The predicted octanol–water partition coefficient (Wildman–Crippen LogP) is 3.72. The van der Waals surface area contributed by atoms with E-state index in [-0.39, 0.29) is 0 Å². The fourth-order valence-corrected chi connectivity index (χ4v) is 3.57. The van der Waals surface area contributed by atoms with Crippen molar-refractivity contribution in [3.8, 4) is 5.75 Å². The molecule has 1 aromatic carbocycles. The lowest BCUT2D eigenvalue weighted by molar-refractivity contribution is 0.0732. The third-order valence-electron chi connectivity index (χ3n) is 4.88. The molecule has 1 aliphatic carbocycles. The first-order valence-electron chi connectivity index (χ1n) is 8.96. The van der Waals surface area contributed by atoms with Gasteiger partial charge >= 0.3 is 0 Å². The Morgan fingerprint density at radius 1 is 1.28 bits per heavy atom. The molecule has 6 heteroatoms. The zero-order chi connectivity index (χ0) is 18.1. The van der Waals surface area contributed by atoms with Crippen molar-refractivity contribution >= 4 is 21.9 Å². The second-order valence-corrected chi connectivity index (χ2v) is 7.52. The molecule has 1 fully saturated rings. The van der Waals surface area contributed by atoms with Crippen LogP contribution < -0.4 is 15.4 Å². The number of aliphatic imine (C=N–C) groups is 1. The Hall–Kier alpha value is -1.27. The van der Waals surface area contributed by atoms with E-state index in [4.69, 9.17) is 14.5 Å². The van der Waals surface area contributed by atoms with Crippen LogP contribution in [0.2, 0.25) is 0 Å². The summed E-state index contributed by atoms with van der Waals surface area (Å²) >= 11 is 3.51. The van der Waals surface area contributed by atoms with Crippen molar-refractivity contribution in [2.75, 3.05) is 33.9 Å². The predicted molar refractivity (Wildman–Crippen MR) is 106 cm³/mol. The van der Waals surface area contributed by atoms with Crippen molar-refractivity contribution in [1.82, 2.24) is 10.6 Å². The highest BCUT2D eigenvalue weighted by molar-refractivity contribution is 9.10. The Balaban J connectivity index is 1.99. The molecule has 0 atom stereocenters. The molecule has 140 valence electrons. The van der Waals surface area contributed by atoms with Crippen molar-refractivity contribution in [2.45, 2.75) is 39.2 Å². The van der Waals surface area contributed by atoms with E-state index in [1.807, 2.05) is 12.1 Å². The maximum atomic E-state index is 5.43. The number of nitrogens with one attached hydrogen (secondary N) is 2. The lowest BCUT2D eigenvalue weighted by Gasteiger charge is -2.42. The van der Waals surface area contributed by atoms with Crippen LogP contribution in [0.3, 0.4) is 0 Å². The van der Waals surface area contributed by atoms with Crippen molar-refractivity contribution in [2.24, 2.45) is 10.4 Å². The Morgan fingerprint density at radius 2 is 2.08 bits per heavy atom. The summed E-state index contributed by atoms with van der Waals surface area (Å²) in [5.74, 6) is 1.71. The number of methoxy groups -OCH3 is 2. The fraction of sp³-hybridized carbons (Fsp3) is 0.632. The molecule has 25 heavy (non-hydrogen) atoms. The summed E-state index contributed by atoms with van der Waals surface area (Å²) in [5.41, 5.74) is 1.42. The van der Waals surface area contributed by atoms with E-state index < -0.39 is 0 Å². The van der Waals surface area contributed by atoms with Crippen LogP contribution in [0.5, 0.6) is 5.75 Å². The van der Waals surface area contributed by atoms with Gasteiger partial charge in [0.15, 0.2) is 5.96 Å². The summed E-state index contributed by atoms with van der Waals surface area (Å²) in [5, 5.41) is 6.86. The smallest absolute Gasteiger partial charge is 0.191 e. The van der Waals surface area contributed by atoms with Crippen LogP contribution in [-0.4, -0.2) is 39.9 Å². The number of benzene rings is 1. The molecule has 0 aromatic heterocycles. The number of hydrogen-bond donors (Lipinski definition) is 2. The maximum absolute atomic E-state index is 5.43. The second-order valence-electron chi connectivity index (χ2n) is 6.60. The Bertz CT molecular complexity index is 574. The summed E-state index contributed by atoms with van der Waals surface area (Å²) in [4.78, 5) is 4.74. The van der Waals surface area contributed by atoms with Crippen LogP contribution in [0.4, 0.5) is 0 Å². The minimum atomic E-state index is 0.361. The summed E-state index contributed by atoms with van der Waals surface area (Å²) < 4.78 is 11.7. The van der Waals surface area contributed by atoms with Crippen LogP contribution in [0, 0.1) is 5.41 Å². The molecule has 0 aliphatic heterocycles. The minimum Gasteiger partial charge on any atom is -0.496 e. The summed E-state index contributed by atoms with van der Waals surface area (Å²) in [7, 11) is 3.47. The third-order valence-corrected chi connectivity index (χ3v) is 5.37. The standard InChI is InChI=1S/C19H30BrN3O2/c1-4-21-18(23-14-19(8-5-9-19)10-11-24-2)22-13-15-12-16(20)6-7-17(15)25-3/h6-7,12H,4-5,8-11,13-14H2,1-3H3,(H2,21,22,23). The van der Waals surface area contributed by atoms with Crippen molar-refractivity contribution in [3.05, 3.63) is 28.2 Å². The number of hydrogen-bond acceptors (Lipinski definition) is 3. The van der Waals surface area contributed by atoms with Gasteiger partial charge in [-0.05, 0) is 49.8 Å². The van der Waals surface area contributed by atoms with E-state index in [1.165, 1.54) is 19.3 Å². The van der Waals surface area contributed by atoms with E-state index in [9.17, 15) is 0 Å². The molecule has 0 heterocycles. The highest BCUT2D eigenvalue weighted by Crippen LogP contribution is 2.43.